The van der Waals surface area contributed by atoms with Gasteiger partial charge < -0.3 is 9.47 Å². The quantitative estimate of drug-likeness (QED) is 0.359. The molecule has 0 fully saturated rings. The molecule has 0 N–H and O–H groups in total. The summed E-state index contributed by atoms with van der Waals surface area (Å²) in [6.07, 6.45) is 6.01. The number of rotatable bonds is 6. The van der Waals surface area contributed by atoms with Gasteiger partial charge in [-0.2, -0.15) is 5.26 Å². The van der Waals surface area contributed by atoms with Gasteiger partial charge >= 0.3 is 0 Å². The van der Waals surface area contributed by atoms with E-state index in [9.17, 15) is 5.26 Å². The van der Waals surface area contributed by atoms with Gasteiger partial charge in [-0.1, -0.05) is 35.3 Å². The van der Waals surface area contributed by atoms with E-state index < -0.39 is 0 Å². The number of nitriles is 1. The first kappa shape index (κ1) is 21.7. The van der Waals surface area contributed by atoms with E-state index in [1.807, 2.05) is 30.3 Å². The van der Waals surface area contributed by atoms with Crippen LogP contribution in [0.3, 0.4) is 0 Å². The van der Waals surface area contributed by atoms with Gasteiger partial charge in [0.1, 0.15) is 17.7 Å². The van der Waals surface area contributed by atoms with E-state index in [1.54, 1.807) is 30.7 Å². The molecule has 158 valence electrons. The van der Waals surface area contributed by atoms with Gasteiger partial charge in [-0.15, -0.1) is 11.3 Å². The highest BCUT2D eigenvalue weighted by atomic mass is 35.5. The minimum absolute atomic E-state index is 0.340. The number of aliphatic imine (C=N–C) groups is 1. The van der Waals surface area contributed by atoms with E-state index in [4.69, 9.17) is 32.7 Å². The number of halogens is 2. The maximum atomic E-state index is 9.61. The normalized spacial score (nSPS) is 13.1. The highest BCUT2D eigenvalue weighted by Crippen LogP contribution is 2.40. The molecule has 3 aromatic rings. The summed E-state index contributed by atoms with van der Waals surface area (Å²) in [6, 6.07) is 13.4. The van der Waals surface area contributed by atoms with E-state index in [0.717, 1.165) is 35.4 Å². The van der Waals surface area contributed by atoms with Gasteiger partial charge in [-0.05, 0) is 66.6 Å². The predicted octanol–water partition coefficient (Wildman–Crippen LogP) is 7.14. The number of methoxy groups -OCH3 is 1. The van der Waals surface area contributed by atoms with Crippen LogP contribution in [-0.2, 0) is 19.4 Å². The number of fused-ring (bicyclic) bond motifs is 1. The Hall–Kier alpha value is -2.52. The Kier molecular flexibility index (Phi) is 6.82. The fourth-order valence-electron chi connectivity index (χ4n) is 3.58. The van der Waals surface area contributed by atoms with Crippen LogP contribution >= 0.6 is 34.5 Å². The fraction of sp³-hybridized carbons (Fsp3) is 0.250. The van der Waals surface area contributed by atoms with Crippen LogP contribution in [0.1, 0.15) is 40.0 Å². The first-order chi connectivity index (χ1) is 15.1. The molecular weight excluding hydrogens is 451 g/mol. The Morgan fingerprint density at radius 3 is 2.68 bits per heavy atom. The van der Waals surface area contributed by atoms with E-state index in [2.05, 4.69) is 11.1 Å². The molecule has 0 saturated carbocycles. The Morgan fingerprint density at radius 1 is 1.16 bits per heavy atom. The van der Waals surface area contributed by atoms with Gasteiger partial charge in [0, 0.05) is 16.1 Å². The summed E-state index contributed by atoms with van der Waals surface area (Å²) in [5.74, 6) is 0.995. The van der Waals surface area contributed by atoms with Crippen molar-refractivity contribution in [1.29, 1.82) is 5.26 Å². The lowest BCUT2D eigenvalue weighted by molar-refractivity contribution is 0.284. The van der Waals surface area contributed by atoms with Gasteiger partial charge in [0.15, 0.2) is 11.5 Å². The summed E-state index contributed by atoms with van der Waals surface area (Å²) in [7, 11) is 1.57. The lowest BCUT2D eigenvalue weighted by Crippen LogP contribution is -1.99. The molecule has 1 aliphatic rings. The maximum absolute atomic E-state index is 9.61. The molecule has 31 heavy (non-hydrogen) atoms. The third kappa shape index (κ3) is 4.88. The molecule has 0 bridgehead atoms. The van der Waals surface area contributed by atoms with Crippen LogP contribution < -0.4 is 9.47 Å². The second-order valence-electron chi connectivity index (χ2n) is 7.21. The molecule has 0 amide bonds. The standard InChI is InChI=1S/C24H20Cl2N2O2S/c1-29-21-11-16(10-20(26)23(21)30-14-15-6-8-17(25)9-7-15)13-28-24-19(12-27)18-4-2-3-5-22(18)31-24/h6-11,13H,2-5,14H2,1H3. The van der Waals surface area contributed by atoms with Crippen molar-refractivity contribution in [2.24, 2.45) is 4.99 Å². The molecule has 0 spiro atoms. The van der Waals surface area contributed by atoms with E-state index in [-0.39, 0.29) is 0 Å². The van der Waals surface area contributed by atoms with E-state index >= 15 is 0 Å². The summed E-state index contributed by atoms with van der Waals surface area (Å²) in [6.45, 7) is 0.340. The zero-order chi connectivity index (χ0) is 21.8. The molecule has 0 atom stereocenters. The van der Waals surface area contributed by atoms with Gasteiger partial charge in [-0.25, -0.2) is 4.99 Å². The average molecular weight is 471 g/mol. The topological polar surface area (TPSA) is 54.6 Å². The zero-order valence-corrected chi connectivity index (χ0v) is 19.3. The summed E-state index contributed by atoms with van der Waals surface area (Å²) in [4.78, 5) is 5.89. The molecule has 0 saturated heterocycles. The number of aryl methyl sites for hydroxylation is 1. The second kappa shape index (κ2) is 9.74. The van der Waals surface area contributed by atoms with Crippen molar-refractivity contribution in [3.05, 3.63) is 73.6 Å². The first-order valence-corrected chi connectivity index (χ1v) is 11.5. The van der Waals surface area contributed by atoms with Crippen LogP contribution in [-0.4, -0.2) is 13.3 Å². The lowest BCUT2D eigenvalue weighted by Gasteiger charge is -2.13. The van der Waals surface area contributed by atoms with Crippen molar-refractivity contribution in [3.63, 3.8) is 0 Å². The average Bonchev–Trinajstić information content (AvgIpc) is 3.15. The third-order valence-corrected chi connectivity index (χ3v) is 6.88. The minimum Gasteiger partial charge on any atom is -0.493 e. The van der Waals surface area contributed by atoms with Gasteiger partial charge in [0.05, 0.1) is 17.7 Å². The van der Waals surface area contributed by atoms with Crippen molar-refractivity contribution in [2.75, 3.05) is 7.11 Å². The Balaban J connectivity index is 1.56. The van der Waals surface area contributed by atoms with Gasteiger partial charge in [0.25, 0.3) is 0 Å². The van der Waals surface area contributed by atoms with Crippen LogP contribution in [0.25, 0.3) is 0 Å². The molecule has 4 nitrogen and oxygen atoms in total. The van der Waals surface area contributed by atoms with Crippen LogP contribution in [0, 0.1) is 11.3 Å². The molecular formula is C24H20Cl2N2O2S. The Labute approximate surface area is 195 Å². The van der Waals surface area contributed by atoms with Crippen molar-refractivity contribution in [1.82, 2.24) is 0 Å². The lowest BCUT2D eigenvalue weighted by atomic mass is 9.96. The Morgan fingerprint density at radius 2 is 1.94 bits per heavy atom. The highest BCUT2D eigenvalue weighted by Gasteiger charge is 2.20. The van der Waals surface area contributed by atoms with Crippen LogP contribution in [0.4, 0.5) is 5.00 Å². The molecule has 1 aromatic heterocycles. The molecule has 2 aromatic carbocycles. The predicted molar refractivity (Wildman–Crippen MR) is 127 cm³/mol. The SMILES string of the molecule is COc1cc(C=Nc2sc3c(c2C#N)CCCC3)cc(Cl)c1OCc1ccc(Cl)cc1. The minimum atomic E-state index is 0.340. The fourth-order valence-corrected chi connectivity index (χ4v) is 5.16. The molecule has 0 aliphatic heterocycles. The summed E-state index contributed by atoms with van der Waals surface area (Å²) >= 11 is 14.0. The highest BCUT2D eigenvalue weighted by molar-refractivity contribution is 7.16. The van der Waals surface area contributed by atoms with E-state index in [0.29, 0.717) is 33.7 Å². The zero-order valence-electron chi connectivity index (χ0n) is 17.0. The maximum Gasteiger partial charge on any atom is 0.180 e. The van der Waals surface area contributed by atoms with E-state index in [1.165, 1.54) is 16.9 Å². The summed E-state index contributed by atoms with van der Waals surface area (Å²) in [5.41, 5.74) is 3.62. The van der Waals surface area contributed by atoms with Crippen LogP contribution in [0.15, 0.2) is 41.4 Å². The van der Waals surface area contributed by atoms with Gasteiger partial charge in [0.2, 0.25) is 0 Å². The number of hydrogen-bond acceptors (Lipinski definition) is 5. The van der Waals surface area contributed by atoms with Crippen molar-refractivity contribution < 1.29 is 9.47 Å². The van der Waals surface area contributed by atoms with Crippen molar-refractivity contribution in [3.8, 4) is 17.6 Å². The molecule has 0 unspecified atom stereocenters. The smallest absolute Gasteiger partial charge is 0.180 e. The molecule has 0 radical (unpaired) electrons. The van der Waals surface area contributed by atoms with Crippen LogP contribution in [0.5, 0.6) is 11.5 Å². The third-order valence-electron chi connectivity index (χ3n) is 5.14. The number of benzene rings is 2. The number of ether oxygens (including phenoxy) is 2. The first-order valence-electron chi connectivity index (χ1n) is 9.92. The molecule has 1 heterocycles. The molecule has 4 rings (SSSR count). The largest absolute Gasteiger partial charge is 0.493 e. The van der Waals surface area contributed by atoms with Crippen molar-refractivity contribution >= 4 is 45.8 Å². The summed E-state index contributed by atoms with van der Waals surface area (Å²) in [5, 5.41) is 11.5. The number of thiophene rings is 1. The van der Waals surface area contributed by atoms with Crippen LogP contribution in [0.2, 0.25) is 10.0 Å². The van der Waals surface area contributed by atoms with Gasteiger partial charge in [-0.3, -0.25) is 0 Å². The summed E-state index contributed by atoms with van der Waals surface area (Å²) < 4.78 is 11.4. The van der Waals surface area contributed by atoms with Crippen molar-refractivity contribution in [2.45, 2.75) is 32.3 Å². The monoisotopic (exact) mass is 470 g/mol. The number of hydrogen-bond donors (Lipinski definition) is 0. The number of nitrogens with zero attached hydrogens (tertiary/aromatic N) is 2. The molecule has 7 heteroatoms. The Bertz CT molecular complexity index is 1160. The second-order valence-corrected chi connectivity index (χ2v) is 9.14. The molecule has 1 aliphatic carbocycles.